The van der Waals surface area contributed by atoms with Gasteiger partial charge >= 0.3 is 0 Å². The van der Waals surface area contributed by atoms with E-state index in [1.54, 1.807) is 6.92 Å². The smallest absolute Gasteiger partial charge is 0.241 e. The van der Waals surface area contributed by atoms with Crippen molar-refractivity contribution in [1.82, 2.24) is 5.32 Å². The molecule has 17 heavy (non-hydrogen) atoms. The van der Waals surface area contributed by atoms with Crippen LogP contribution in [0.3, 0.4) is 0 Å². The Balaban J connectivity index is 2.33. The van der Waals surface area contributed by atoms with Crippen LogP contribution in [0.2, 0.25) is 0 Å². The van der Waals surface area contributed by atoms with Gasteiger partial charge in [0.15, 0.2) is 0 Å². The predicted molar refractivity (Wildman–Crippen MR) is 67.3 cm³/mol. The van der Waals surface area contributed by atoms with Crippen molar-refractivity contribution in [3.05, 3.63) is 35.9 Å². The highest BCUT2D eigenvalue weighted by atomic mass is 16.3. The van der Waals surface area contributed by atoms with E-state index in [0.717, 1.165) is 12.0 Å². The normalized spacial score (nSPS) is 14.1. The summed E-state index contributed by atoms with van der Waals surface area (Å²) in [5.41, 5.74) is 6.63. The van der Waals surface area contributed by atoms with E-state index in [4.69, 9.17) is 10.8 Å². The average Bonchev–Trinajstić information content (AvgIpc) is 2.34. The van der Waals surface area contributed by atoms with Crippen LogP contribution in [0.1, 0.15) is 31.4 Å². The molecular formula is C13H20N2O2. The Labute approximate surface area is 102 Å². The van der Waals surface area contributed by atoms with E-state index in [2.05, 4.69) is 5.32 Å². The molecular weight excluding hydrogens is 216 g/mol. The summed E-state index contributed by atoms with van der Waals surface area (Å²) >= 11 is 0. The van der Waals surface area contributed by atoms with Gasteiger partial charge in [-0.3, -0.25) is 4.79 Å². The van der Waals surface area contributed by atoms with Gasteiger partial charge in [0.2, 0.25) is 5.91 Å². The lowest BCUT2D eigenvalue weighted by Crippen LogP contribution is -2.34. The number of aliphatic hydroxyl groups is 1. The Kier molecular flexibility index (Phi) is 5.66. The first-order valence-corrected chi connectivity index (χ1v) is 5.87. The van der Waals surface area contributed by atoms with Crippen molar-refractivity contribution < 1.29 is 9.90 Å². The van der Waals surface area contributed by atoms with E-state index in [0.29, 0.717) is 13.0 Å². The molecule has 0 saturated carbocycles. The second kappa shape index (κ2) is 7.04. The number of nitrogens with one attached hydrogen (secondary N) is 1. The van der Waals surface area contributed by atoms with Crippen LogP contribution in [0.15, 0.2) is 30.3 Å². The summed E-state index contributed by atoms with van der Waals surface area (Å²) in [6.07, 6.45) is 1.11. The number of nitrogens with two attached hydrogens (primary N) is 1. The summed E-state index contributed by atoms with van der Waals surface area (Å²) < 4.78 is 0. The van der Waals surface area contributed by atoms with E-state index >= 15 is 0 Å². The molecule has 1 rings (SSSR count). The van der Waals surface area contributed by atoms with Gasteiger partial charge in [-0.15, -0.1) is 0 Å². The van der Waals surface area contributed by atoms with E-state index in [1.807, 2.05) is 30.3 Å². The van der Waals surface area contributed by atoms with Gasteiger partial charge in [0.05, 0.1) is 6.10 Å². The molecule has 0 aliphatic rings. The van der Waals surface area contributed by atoms with Crippen LogP contribution in [0.5, 0.6) is 0 Å². The number of hydrogen-bond donors (Lipinski definition) is 3. The van der Waals surface area contributed by atoms with Crippen molar-refractivity contribution in [3.8, 4) is 0 Å². The molecule has 1 aromatic carbocycles. The Hall–Kier alpha value is -1.39. The fraction of sp³-hybridized carbons (Fsp3) is 0.462. The number of amides is 1. The highest BCUT2D eigenvalue weighted by molar-refractivity contribution is 5.82. The largest absolute Gasteiger partial charge is 0.393 e. The predicted octanol–water partition coefficient (Wildman–Crippen LogP) is 0.964. The molecule has 1 aromatic rings. The molecule has 0 fully saturated rings. The summed E-state index contributed by atoms with van der Waals surface area (Å²) in [6, 6.07) is 8.64. The number of carbonyl (C=O) groups excluding carboxylic acids is 1. The molecule has 4 N–H and O–H groups in total. The lowest BCUT2D eigenvalue weighted by molar-refractivity contribution is -0.122. The van der Waals surface area contributed by atoms with Crippen LogP contribution in [0, 0.1) is 0 Å². The van der Waals surface area contributed by atoms with Gasteiger partial charge in [-0.05, 0) is 25.3 Å². The molecule has 4 heteroatoms. The minimum absolute atomic E-state index is 0.179. The Morgan fingerprint density at radius 1 is 1.41 bits per heavy atom. The highest BCUT2D eigenvalue weighted by Crippen LogP contribution is 2.09. The van der Waals surface area contributed by atoms with E-state index < -0.39 is 6.04 Å². The minimum Gasteiger partial charge on any atom is -0.393 e. The van der Waals surface area contributed by atoms with Crippen molar-refractivity contribution >= 4 is 5.91 Å². The van der Waals surface area contributed by atoms with E-state index in [1.165, 1.54) is 0 Å². The van der Waals surface area contributed by atoms with E-state index in [9.17, 15) is 4.79 Å². The fourth-order valence-electron chi connectivity index (χ4n) is 1.53. The zero-order valence-corrected chi connectivity index (χ0v) is 10.1. The molecule has 0 spiro atoms. The second-order valence-corrected chi connectivity index (χ2v) is 4.17. The third-order valence-electron chi connectivity index (χ3n) is 2.54. The maximum atomic E-state index is 11.7. The molecule has 0 aliphatic heterocycles. The molecule has 1 amide bonds. The van der Waals surface area contributed by atoms with Gasteiger partial charge in [0, 0.05) is 6.54 Å². The summed E-state index contributed by atoms with van der Waals surface area (Å²) in [4.78, 5) is 11.7. The van der Waals surface area contributed by atoms with Crippen LogP contribution in [0.4, 0.5) is 0 Å². The zero-order chi connectivity index (χ0) is 12.7. The molecule has 0 bridgehead atoms. The highest BCUT2D eigenvalue weighted by Gasteiger charge is 2.14. The van der Waals surface area contributed by atoms with Gasteiger partial charge in [0.1, 0.15) is 6.04 Å². The molecule has 2 unspecified atom stereocenters. The van der Waals surface area contributed by atoms with E-state index in [-0.39, 0.29) is 12.0 Å². The third kappa shape index (κ3) is 4.97. The average molecular weight is 236 g/mol. The molecule has 0 radical (unpaired) electrons. The summed E-state index contributed by atoms with van der Waals surface area (Å²) in [5.74, 6) is -0.179. The third-order valence-corrected chi connectivity index (χ3v) is 2.54. The molecule has 2 atom stereocenters. The van der Waals surface area contributed by atoms with Crippen LogP contribution in [-0.2, 0) is 4.79 Å². The Morgan fingerprint density at radius 2 is 2.06 bits per heavy atom. The van der Waals surface area contributed by atoms with Gasteiger partial charge < -0.3 is 16.2 Å². The molecule has 0 heterocycles. The molecule has 94 valence electrons. The lowest BCUT2D eigenvalue weighted by Gasteiger charge is -2.12. The lowest BCUT2D eigenvalue weighted by atomic mass is 10.1. The van der Waals surface area contributed by atoms with Crippen molar-refractivity contribution in [2.75, 3.05) is 6.54 Å². The fourth-order valence-corrected chi connectivity index (χ4v) is 1.53. The Morgan fingerprint density at radius 3 is 2.65 bits per heavy atom. The first-order chi connectivity index (χ1) is 8.11. The number of aliphatic hydroxyl groups excluding tert-OH is 1. The van der Waals surface area contributed by atoms with Crippen molar-refractivity contribution in [3.63, 3.8) is 0 Å². The topological polar surface area (TPSA) is 75.3 Å². The number of rotatable bonds is 6. The first kappa shape index (κ1) is 13.7. The second-order valence-electron chi connectivity index (χ2n) is 4.17. The van der Waals surface area contributed by atoms with Gasteiger partial charge in [-0.2, -0.15) is 0 Å². The SMILES string of the molecule is CC(O)CCCNC(=O)C(N)c1ccccc1. The van der Waals surface area contributed by atoms with Crippen molar-refractivity contribution in [2.45, 2.75) is 31.9 Å². The standard InChI is InChI=1S/C13H20N2O2/c1-10(16)6-5-9-15-13(17)12(14)11-7-3-2-4-8-11/h2-4,7-8,10,12,16H,5-6,9,14H2,1H3,(H,15,17). The zero-order valence-electron chi connectivity index (χ0n) is 10.1. The number of carbonyl (C=O) groups is 1. The Bertz CT molecular complexity index is 339. The summed E-state index contributed by atoms with van der Waals surface area (Å²) in [6.45, 7) is 2.28. The number of benzene rings is 1. The van der Waals surface area contributed by atoms with Crippen molar-refractivity contribution in [1.29, 1.82) is 0 Å². The maximum absolute atomic E-state index is 11.7. The summed E-state index contributed by atoms with van der Waals surface area (Å²) in [5, 5.41) is 11.8. The van der Waals surface area contributed by atoms with Gasteiger partial charge in [-0.25, -0.2) is 0 Å². The molecule has 0 saturated heterocycles. The number of hydrogen-bond acceptors (Lipinski definition) is 3. The van der Waals surface area contributed by atoms with Crippen LogP contribution in [0.25, 0.3) is 0 Å². The monoisotopic (exact) mass is 236 g/mol. The molecule has 0 aliphatic carbocycles. The molecule has 4 nitrogen and oxygen atoms in total. The van der Waals surface area contributed by atoms with Crippen molar-refractivity contribution in [2.24, 2.45) is 5.73 Å². The maximum Gasteiger partial charge on any atom is 0.241 e. The van der Waals surface area contributed by atoms with Crippen LogP contribution < -0.4 is 11.1 Å². The van der Waals surface area contributed by atoms with Crippen LogP contribution in [-0.4, -0.2) is 23.7 Å². The minimum atomic E-state index is -0.622. The first-order valence-electron chi connectivity index (χ1n) is 5.87. The van der Waals surface area contributed by atoms with Crippen LogP contribution >= 0.6 is 0 Å². The van der Waals surface area contributed by atoms with Gasteiger partial charge in [0.25, 0.3) is 0 Å². The summed E-state index contributed by atoms with van der Waals surface area (Å²) in [7, 11) is 0. The molecule has 0 aromatic heterocycles. The van der Waals surface area contributed by atoms with Gasteiger partial charge in [-0.1, -0.05) is 30.3 Å². The quantitative estimate of drug-likeness (QED) is 0.644.